The SMILES string of the molecule is CCC(CCS(=O)O)C(COC)CS(=O)O. The predicted molar refractivity (Wildman–Crippen MR) is 65.0 cm³/mol. The summed E-state index contributed by atoms with van der Waals surface area (Å²) in [6, 6.07) is 0. The third kappa shape index (κ3) is 7.45. The van der Waals surface area contributed by atoms with Crippen LogP contribution in [0.25, 0.3) is 0 Å². The zero-order valence-corrected chi connectivity index (χ0v) is 11.3. The van der Waals surface area contributed by atoms with Crippen molar-refractivity contribution in [2.45, 2.75) is 19.8 Å². The van der Waals surface area contributed by atoms with Gasteiger partial charge in [0.15, 0.2) is 22.2 Å². The Bertz CT molecular complexity index is 234. The monoisotopic (exact) mass is 272 g/mol. The van der Waals surface area contributed by atoms with Crippen LogP contribution in [0.4, 0.5) is 0 Å². The minimum Gasteiger partial charge on any atom is -0.384 e. The van der Waals surface area contributed by atoms with Gasteiger partial charge in [-0.15, -0.1) is 0 Å². The van der Waals surface area contributed by atoms with Crippen molar-refractivity contribution in [2.24, 2.45) is 11.8 Å². The number of hydrogen-bond acceptors (Lipinski definition) is 3. The molecule has 16 heavy (non-hydrogen) atoms. The van der Waals surface area contributed by atoms with E-state index in [0.29, 0.717) is 13.0 Å². The molecule has 2 N–H and O–H groups in total. The lowest BCUT2D eigenvalue weighted by Gasteiger charge is -2.23. The summed E-state index contributed by atoms with van der Waals surface area (Å²) < 4.78 is 44.0. The summed E-state index contributed by atoms with van der Waals surface area (Å²) in [5.41, 5.74) is 0. The zero-order chi connectivity index (χ0) is 12.6. The molecule has 0 bridgehead atoms. The second-order valence-electron chi connectivity index (χ2n) is 3.69. The quantitative estimate of drug-likeness (QED) is 0.614. The first-order chi connectivity index (χ1) is 7.51. The van der Waals surface area contributed by atoms with E-state index in [4.69, 9.17) is 13.8 Å². The van der Waals surface area contributed by atoms with Gasteiger partial charge in [-0.1, -0.05) is 13.3 Å². The third-order valence-electron chi connectivity index (χ3n) is 2.59. The predicted octanol–water partition coefficient (Wildman–Crippen LogP) is 1.11. The molecule has 0 amide bonds. The number of ether oxygens (including phenoxy) is 1. The van der Waals surface area contributed by atoms with E-state index >= 15 is 0 Å². The van der Waals surface area contributed by atoms with E-state index in [0.717, 1.165) is 6.42 Å². The van der Waals surface area contributed by atoms with Gasteiger partial charge in [-0.3, -0.25) is 0 Å². The van der Waals surface area contributed by atoms with Crippen molar-refractivity contribution in [3.63, 3.8) is 0 Å². The van der Waals surface area contributed by atoms with Gasteiger partial charge in [-0.2, -0.15) is 0 Å². The Morgan fingerprint density at radius 3 is 2.19 bits per heavy atom. The first-order valence-electron chi connectivity index (χ1n) is 5.15. The highest BCUT2D eigenvalue weighted by atomic mass is 32.2. The van der Waals surface area contributed by atoms with E-state index in [9.17, 15) is 8.42 Å². The molecule has 0 fully saturated rings. The second-order valence-corrected chi connectivity index (χ2v) is 5.71. The van der Waals surface area contributed by atoms with Crippen LogP contribution in [0, 0.1) is 11.8 Å². The largest absolute Gasteiger partial charge is 0.384 e. The lowest BCUT2D eigenvalue weighted by Crippen LogP contribution is -2.26. The molecule has 7 heteroatoms. The van der Waals surface area contributed by atoms with Crippen molar-refractivity contribution in [1.82, 2.24) is 0 Å². The van der Waals surface area contributed by atoms with Crippen LogP contribution in [0.15, 0.2) is 0 Å². The molecule has 0 heterocycles. The molecule has 4 unspecified atom stereocenters. The summed E-state index contributed by atoms with van der Waals surface area (Å²) in [7, 11) is 1.55. The fourth-order valence-electron chi connectivity index (χ4n) is 1.74. The first kappa shape index (κ1) is 16.2. The summed E-state index contributed by atoms with van der Waals surface area (Å²) in [5, 5.41) is 0. The molecule has 0 aromatic rings. The van der Waals surface area contributed by atoms with Gasteiger partial charge in [0.2, 0.25) is 0 Å². The fraction of sp³-hybridized carbons (Fsp3) is 1.00. The number of rotatable bonds is 9. The maximum atomic E-state index is 10.8. The maximum absolute atomic E-state index is 10.8. The average molecular weight is 272 g/mol. The van der Waals surface area contributed by atoms with Crippen LogP contribution in [0.1, 0.15) is 19.8 Å². The van der Waals surface area contributed by atoms with Crippen molar-refractivity contribution < 1.29 is 22.3 Å². The summed E-state index contributed by atoms with van der Waals surface area (Å²) in [6.45, 7) is 2.37. The molecule has 0 rings (SSSR count). The molecule has 4 atom stereocenters. The number of methoxy groups -OCH3 is 1. The van der Waals surface area contributed by atoms with Crippen LogP contribution in [0.3, 0.4) is 0 Å². The molecule has 0 radical (unpaired) electrons. The van der Waals surface area contributed by atoms with Gasteiger partial charge in [0.25, 0.3) is 0 Å². The first-order valence-corrected chi connectivity index (χ1v) is 7.70. The van der Waals surface area contributed by atoms with Crippen molar-refractivity contribution in [3.8, 4) is 0 Å². The highest BCUT2D eigenvalue weighted by molar-refractivity contribution is 7.79. The number of hydrogen-bond donors (Lipinski definition) is 2. The molecule has 0 aliphatic heterocycles. The fourth-order valence-corrected chi connectivity index (χ4v) is 2.98. The topological polar surface area (TPSA) is 83.8 Å². The van der Waals surface area contributed by atoms with Crippen molar-refractivity contribution in [2.75, 3.05) is 25.2 Å². The highest BCUT2D eigenvalue weighted by Crippen LogP contribution is 2.21. The summed E-state index contributed by atoms with van der Waals surface area (Å²) in [4.78, 5) is 0. The minimum atomic E-state index is -1.85. The van der Waals surface area contributed by atoms with Gasteiger partial charge in [0.1, 0.15) is 0 Å². The third-order valence-corrected chi connectivity index (χ3v) is 3.89. The van der Waals surface area contributed by atoms with Crippen LogP contribution in [0.5, 0.6) is 0 Å². The van der Waals surface area contributed by atoms with E-state index in [1.165, 1.54) is 0 Å². The Labute approximate surface area is 102 Å². The summed E-state index contributed by atoms with van der Waals surface area (Å²) in [6.07, 6.45) is 1.38. The van der Waals surface area contributed by atoms with Gasteiger partial charge < -0.3 is 13.8 Å². The van der Waals surface area contributed by atoms with E-state index in [1.807, 2.05) is 6.92 Å². The van der Waals surface area contributed by atoms with Crippen LogP contribution in [-0.2, 0) is 26.9 Å². The Kier molecular flexibility index (Phi) is 9.34. The van der Waals surface area contributed by atoms with E-state index in [-0.39, 0.29) is 23.3 Å². The normalized spacial score (nSPS) is 19.0. The van der Waals surface area contributed by atoms with E-state index in [1.54, 1.807) is 7.11 Å². The van der Waals surface area contributed by atoms with Crippen LogP contribution in [0.2, 0.25) is 0 Å². The van der Waals surface area contributed by atoms with Gasteiger partial charge in [-0.25, -0.2) is 8.42 Å². The molecule has 0 aromatic carbocycles. The molecule has 0 aliphatic carbocycles. The van der Waals surface area contributed by atoms with Crippen LogP contribution >= 0.6 is 0 Å². The lowest BCUT2D eigenvalue weighted by molar-refractivity contribution is 0.127. The van der Waals surface area contributed by atoms with Crippen LogP contribution < -0.4 is 0 Å². The van der Waals surface area contributed by atoms with Gasteiger partial charge >= 0.3 is 0 Å². The highest BCUT2D eigenvalue weighted by Gasteiger charge is 2.22. The molecule has 0 aliphatic rings. The van der Waals surface area contributed by atoms with E-state index < -0.39 is 22.2 Å². The Morgan fingerprint density at radius 2 is 1.81 bits per heavy atom. The summed E-state index contributed by atoms with van der Waals surface area (Å²) in [5.74, 6) is 0.470. The standard InChI is InChI=1S/C9H20O5S2/c1-3-8(4-5-15(10)11)9(6-14-2)7-16(12)13/h8-9H,3-7H2,1-2H3,(H,10,11)(H,12,13). The molecule has 5 nitrogen and oxygen atoms in total. The van der Waals surface area contributed by atoms with Gasteiger partial charge in [-0.05, 0) is 18.3 Å². The van der Waals surface area contributed by atoms with Crippen LogP contribution in [-0.4, -0.2) is 42.7 Å². The molecule has 98 valence electrons. The van der Waals surface area contributed by atoms with Crippen molar-refractivity contribution in [3.05, 3.63) is 0 Å². The lowest BCUT2D eigenvalue weighted by atomic mass is 9.90. The molecule has 0 saturated carbocycles. The van der Waals surface area contributed by atoms with Gasteiger partial charge in [0.05, 0.1) is 12.4 Å². The molecule has 0 spiro atoms. The minimum absolute atomic E-state index is 0.0376. The van der Waals surface area contributed by atoms with Gasteiger partial charge in [0, 0.05) is 12.9 Å². The Morgan fingerprint density at radius 1 is 1.19 bits per heavy atom. The molecular formula is C9H20O5S2. The average Bonchev–Trinajstić information content (AvgIpc) is 2.17. The Hall–Kier alpha value is 0.180. The van der Waals surface area contributed by atoms with E-state index in [2.05, 4.69) is 0 Å². The zero-order valence-electron chi connectivity index (χ0n) is 9.63. The van der Waals surface area contributed by atoms with Crippen molar-refractivity contribution >= 4 is 22.2 Å². The smallest absolute Gasteiger partial charge is 0.153 e. The Balaban J connectivity index is 4.31. The van der Waals surface area contributed by atoms with Crippen molar-refractivity contribution in [1.29, 1.82) is 0 Å². The molecule has 0 aromatic heterocycles. The molecule has 0 saturated heterocycles. The maximum Gasteiger partial charge on any atom is 0.153 e. The molecular weight excluding hydrogens is 252 g/mol. The second kappa shape index (κ2) is 9.23. The summed E-state index contributed by atoms with van der Waals surface area (Å²) >= 11 is -3.65.